The van der Waals surface area contributed by atoms with Crippen molar-refractivity contribution >= 4 is 11.6 Å². The molecule has 6 heteroatoms. The van der Waals surface area contributed by atoms with Crippen LogP contribution in [0.4, 0.5) is 0 Å². The summed E-state index contributed by atoms with van der Waals surface area (Å²) < 4.78 is 1.64. The van der Waals surface area contributed by atoms with E-state index in [0.717, 1.165) is 17.7 Å². The van der Waals surface area contributed by atoms with Crippen molar-refractivity contribution in [1.29, 1.82) is 0 Å². The number of carboxylic acid groups (broad SMARTS) is 1. The van der Waals surface area contributed by atoms with Crippen molar-refractivity contribution in [3.63, 3.8) is 0 Å². The van der Waals surface area contributed by atoms with Gasteiger partial charge in [-0.2, -0.15) is 0 Å². The Morgan fingerprint density at radius 1 is 1.50 bits per heavy atom. The molecule has 0 unspecified atom stereocenters. The standard InChI is InChI=1S/C10H12N4O2/c1-3-7-6(2)11-5-14-8(4-9(15)16)12-13-10(7)14/h5H,3-4H2,1-2H3,(H,15,16). The van der Waals surface area contributed by atoms with Crippen LogP contribution in [0, 0.1) is 6.92 Å². The maximum absolute atomic E-state index is 10.6. The molecule has 2 rings (SSSR count). The van der Waals surface area contributed by atoms with E-state index in [2.05, 4.69) is 15.2 Å². The first-order valence-electron chi connectivity index (χ1n) is 5.03. The Morgan fingerprint density at radius 3 is 2.88 bits per heavy atom. The van der Waals surface area contributed by atoms with E-state index >= 15 is 0 Å². The molecule has 0 saturated carbocycles. The molecule has 2 aromatic rings. The average Bonchev–Trinajstić information content (AvgIpc) is 2.60. The second-order valence-corrected chi connectivity index (χ2v) is 3.54. The molecular formula is C10H12N4O2. The average molecular weight is 220 g/mol. The molecule has 0 spiro atoms. The van der Waals surface area contributed by atoms with Gasteiger partial charge in [-0.25, -0.2) is 4.98 Å². The van der Waals surface area contributed by atoms with Crippen LogP contribution in [-0.4, -0.2) is 30.7 Å². The molecule has 0 aliphatic rings. The van der Waals surface area contributed by atoms with Gasteiger partial charge in [-0.05, 0) is 13.3 Å². The van der Waals surface area contributed by atoms with Crippen molar-refractivity contribution in [3.8, 4) is 0 Å². The minimum Gasteiger partial charge on any atom is -0.481 e. The summed E-state index contributed by atoms with van der Waals surface area (Å²) in [5, 5.41) is 16.6. The third kappa shape index (κ3) is 1.62. The minimum atomic E-state index is -0.923. The smallest absolute Gasteiger partial charge is 0.311 e. The maximum Gasteiger partial charge on any atom is 0.311 e. The molecule has 0 amide bonds. The van der Waals surface area contributed by atoms with Crippen molar-refractivity contribution in [2.75, 3.05) is 0 Å². The van der Waals surface area contributed by atoms with E-state index in [4.69, 9.17) is 5.11 Å². The number of aliphatic carboxylic acids is 1. The highest BCUT2D eigenvalue weighted by Crippen LogP contribution is 2.13. The predicted molar refractivity (Wildman–Crippen MR) is 56.2 cm³/mol. The molecule has 0 fully saturated rings. The Morgan fingerprint density at radius 2 is 2.25 bits per heavy atom. The molecule has 2 aromatic heterocycles. The van der Waals surface area contributed by atoms with Crippen molar-refractivity contribution in [1.82, 2.24) is 19.6 Å². The van der Waals surface area contributed by atoms with Gasteiger partial charge in [0.05, 0.1) is 0 Å². The molecule has 0 saturated heterocycles. The summed E-state index contributed by atoms with van der Waals surface area (Å²) >= 11 is 0. The molecule has 0 aliphatic heterocycles. The van der Waals surface area contributed by atoms with Crippen LogP contribution in [0.5, 0.6) is 0 Å². The number of fused-ring (bicyclic) bond motifs is 1. The van der Waals surface area contributed by atoms with Gasteiger partial charge in [0.25, 0.3) is 0 Å². The molecule has 0 aliphatic carbocycles. The quantitative estimate of drug-likeness (QED) is 0.820. The van der Waals surface area contributed by atoms with Crippen LogP contribution in [0.25, 0.3) is 5.65 Å². The molecule has 0 bridgehead atoms. The highest BCUT2D eigenvalue weighted by atomic mass is 16.4. The molecule has 16 heavy (non-hydrogen) atoms. The Balaban J connectivity index is 2.61. The number of aromatic nitrogens is 4. The van der Waals surface area contributed by atoms with Crippen LogP contribution >= 0.6 is 0 Å². The molecule has 0 atom stereocenters. The van der Waals surface area contributed by atoms with Gasteiger partial charge in [-0.1, -0.05) is 6.92 Å². The van der Waals surface area contributed by atoms with Crippen molar-refractivity contribution in [2.45, 2.75) is 26.7 Å². The first-order valence-corrected chi connectivity index (χ1v) is 5.03. The van der Waals surface area contributed by atoms with Gasteiger partial charge in [0, 0.05) is 11.3 Å². The second kappa shape index (κ2) is 3.88. The largest absolute Gasteiger partial charge is 0.481 e. The zero-order valence-electron chi connectivity index (χ0n) is 9.14. The van der Waals surface area contributed by atoms with E-state index in [9.17, 15) is 4.79 Å². The van der Waals surface area contributed by atoms with Crippen LogP contribution in [0.1, 0.15) is 24.0 Å². The Hall–Kier alpha value is -1.98. The van der Waals surface area contributed by atoms with Crippen LogP contribution in [0.2, 0.25) is 0 Å². The topological polar surface area (TPSA) is 80.4 Å². The molecule has 6 nitrogen and oxygen atoms in total. The molecule has 0 aromatic carbocycles. The fourth-order valence-electron chi connectivity index (χ4n) is 1.70. The number of carbonyl (C=O) groups is 1. The normalized spacial score (nSPS) is 10.9. The Kier molecular flexibility index (Phi) is 2.55. The van der Waals surface area contributed by atoms with Gasteiger partial charge in [0.2, 0.25) is 0 Å². The van der Waals surface area contributed by atoms with E-state index in [-0.39, 0.29) is 6.42 Å². The number of nitrogens with zero attached hydrogens (tertiary/aromatic N) is 4. The van der Waals surface area contributed by atoms with Crippen LogP contribution in [-0.2, 0) is 17.6 Å². The zero-order chi connectivity index (χ0) is 11.7. The molecule has 2 heterocycles. The monoisotopic (exact) mass is 220 g/mol. The van der Waals surface area contributed by atoms with Gasteiger partial charge in [-0.3, -0.25) is 9.20 Å². The third-order valence-corrected chi connectivity index (χ3v) is 2.50. The summed E-state index contributed by atoms with van der Waals surface area (Å²) in [5.74, 6) is -0.516. The SMILES string of the molecule is CCc1c(C)ncn2c(CC(=O)O)nnc12. The number of rotatable bonds is 3. The summed E-state index contributed by atoms with van der Waals surface area (Å²) in [4.78, 5) is 14.8. The van der Waals surface area contributed by atoms with Crippen molar-refractivity contribution < 1.29 is 9.90 Å². The lowest BCUT2D eigenvalue weighted by Gasteiger charge is -2.03. The summed E-state index contributed by atoms with van der Waals surface area (Å²) in [6.45, 7) is 3.92. The molecule has 0 radical (unpaired) electrons. The minimum absolute atomic E-state index is 0.144. The molecule has 84 valence electrons. The number of hydrogen-bond acceptors (Lipinski definition) is 4. The zero-order valence-corrected chi connectivity index (χ0v) is 9.14. The highest BCUT2D eigenvalue weighted by molar-refractivity contribution is 5.69. The van der Waals surface area contributed by atoms with Crippen LogP contribution in [0.15, 0.2) is 6.33 Å². The lowest BCUT2D eigenvalue weighted by atomic mass is 10.2. The number of carboxylic acids is 1. The molecular weight excluding hydrogens is 208 g/mol. The number of aryl methyl sites for hydroxylation is 2. The first kappa shape index (κ1) is 10.5. The van der Waals surface area contributed by atoms with E-state index < -0.39 is 5.97 Å². The van der Waals surface area contributed by atoms with E-state index in [1.165, 1.54) is 0 Å². The summed E-state index contributed by atoms with van der Waals surface area (Å²) in [5.41, 5.74) is 2.61. The van der Waals surface area contributed by atoms with Crippen LogP contribution in [0.3, 0.4) is 0 Å². The maximum atomic E-state index is 10.6. The number of hydrogen-bond donors (Lipinski definition) is 1. The summed E-state index contributed by atoms with van der Waals surface area (Å²) in [6, 6.07) is 0. The lowest BCUT2D eigenvalue weighted by Crippen LogP contribution is -2.06. The lowest BCUT2D eigenvalue weighted by molar-refractivity contribution is -0.136. The summed E-state index contributed by atoms with van der Waals surface area (Å²) in [6.07, 6.45) is 2.23. The third-order valence-electron chi connectivity index (χ3n) is 2.50. The van der Waals surface area contributed by atoms with Gasteiger partial charge in [0.15, 0.2) is 5.65 Å². The van der Waals surface area contributed by atoms with E-state index in [0.29, 0.717) is 11.5 Å². The first-order chi connectivity index (χ1) is 7.63. The van der Waals surface area contributed by atoms with Crippen molar-refractivity contribution in [2.24, 2.45) is 0 Å². The fourth-order valence-corrected chi connectivity index (χ4v) is 1.70. The van der Waals surface area contributed by atoms with Gasteiger partial charge in [0.1, 0.15) is 18.6 Å². The Bertz CT molecular complexity index is 547. The van der Waals surface area contributed by atoms with Gasteiger partial charge >= 0.3 is 5.97 Å². The predicted octanol–water partition coefficient (Wildman–Crippen LogP) is 0.622. The highest BCUT2D eigenvalue weighted by Gasteiger charge is 2.13. The second-order valence-electron chi connectivity index (χ2n) is 3.54. The Labute approximate surface area is 92.0 Å². The fraction of sp³-hybridized carbons (Fsp3) is 0.400. The van der Waals surface area contributed by atoms with E-state index in [1.807, 2.05) is 13.8 Å². The van der Waals surface area contributed by atoms with E-state index in [1.54, 1.807) is 10.7 Å². The van der Waals surface area contributed by atoms with Gasteiger partial charge < -0.3 is 5.11 Å². The van der Waals surface area contributed by atoms with Crippen LogP contribution < -0.4 is 0 Å². The summed E-state index contributed by atoms with van der Waals surface area (Å²) in [7, 11) is 0. The molecule has 1 N–H and O–H groups in total. The van der Waals surface area contributed by atoms with Crippen molar-refractivity contribution in [3.05, 3.63) is 23.4 Å². The van der Waals surface area contributed by atoms with Gasteiger partial charge in [-0.15, -0.1) is 10.2 Å².